The van der Waals surface area contributed by atoms with E-state index >= 15 is 0 Å². The summed E-state index contributed by atoms with van der Waals surface area (Å²) in [5.41, 5.74) is 13.5. The third kappa shape index (κ3) is 5.31. The van der Waals surface area contributed by atoms with Crippen LogP contribution in [0.5, 0.6) is 0 Å². The summed E-state index contributed by atoms with van der Waals surface area (Å²) < 4.78 is 7.10. The van der Waals surface area contributed by atoms with Crippen molar-refractivity contribution in [2.24, 2.45) is 5.73 Å². The third-order valence-corrected chi connectivity index (χ3v) is 6.92. The van der Waals surface area contributed by atoms with E-state index in [1.54, 1.807) is 11.5 Å². The number of amides is 2. The highest BCUT2D eigenvalue weighted by molar-refractivity contribution is 5.86. The molecule has 39 heavy (non-hydrogen) atoms. The van der Waals surface area contributed by atoms with E-state index in [4.69, 9.17) is 15.2 Å². The number of hydrogen-bond donors (Lipinski definition) is 2. The van der Waals surface area contributed by atoms with Gasteiger partial charge in [0, 0.05) is 0 Å². The number of nitrogens with one attached hydrogen (secondary N) is 1. The molecule has 0 fully saturated rings. The number of nitrogens with zero attached hydrogens (tertiary/aromatic N) is 3. The lowest BCUT2D eigenvalue weighted by atomic mass is 9.93. The molecule has 0 radical (unpaired) electrons. The fourth-order valence-corrected chi connectivity index (χ4v) is 5.13. The Morgan fingerprint density at radius 3 is 2.44 bits per heavy atom. The Hall–Kier alpha value is -4.72. The van der Waals surface area contributed by atoms with Gasteiger partial charge in [-0.1, -0.05) is 65.3 Å². The number of benzene rings is 3. The van der Waals surface area contributed by atoms with Gasteiger partial charge in [0.2, 0.25) is 11.8 Å². The molecule has 0 saturated carbocycles. The van der Waals surface area contributed by atoms with Crippen LogP contribution in [0.2, 0.25) is 0 Å². The zero-order valence-electron chi connectivity index (χ0n) is 22.5. The number of imidazole rings is 1. The number of nitrogens with two attached hydrogens (primary N) is 1. The molecule has 3 aromatic carbocycles. The molecule has 2 heterocycles. The van der Waals surface area contributed by atoms with E-state index in [0.29, 0.717) is 22.8 Å². The van der Waals surface area contributed by atoms with Crippen molar-refractivity contribution in [3.8, 4) is 11.4 Å². The number of carbonyl (C=O) groups is 2. The lowest BCUT2D eigenvalue weighted by molar-refractivity contribution is -0.121. The number of carbonyl (C=O) groups excluding carboxylic acids is 2. The number of fused-ring (bicyclic) bond motifs is 1. The van der Waals surface area contributed by atoms with E-state index in [9.17, 15) is 9.59 Å². The Kier molecular flexibility index (Phi) is 7.02. The second-order valence-corrected chi connectivity index (χ2v) is 9.96. The van der Waals surface area contributed by atoms with Crippen molar-refractivity contribution in [2.45, 2.75) is 46.7 Å². The van der Waals surface area contributed by atoms with Gasteiger partial charge in [0.25, 0.3) is 0 Å². The molecule has 5 rings (SSSR count). The fourth-order valence-electron chi connectivity index (χ4n) is 5.13. The smallest absolute Gasteiger partial charge is 0.237 e. The van der Waals surface area contributed by atoms with Crippen LogP contribution in [0.4, 0.5) is 0 Å². The van der Waals surface area contributed by atoms with E-state index < -0.39 is 5.91 Å². The average Bonchev–Trinajstić information content (AvgIpc) is 3.40. The van der Waals surface area contributed by atoms with Crippen LogP contribution in [0.25, 0.3) is 22.4 Å². The second-order valence-electron chi connectivity index (χ2n) is 9.96. The lowest BCUT2D eigenvalue weighted by Crippen LogP contribution is -2.31. The molecular weight excluding hydrogens is 490 g/mol. The van der Waals surface area contributed by atoms with Gasteiger partial charge in [-0.2, -0.15) is 0 Å². The summed E-state index contributed by atoms with van der Waals surface area (Å²) in [4.78, 5) is 30.0. The first-order valence-electron chi connectivity index (χ1n) is 12.8. The monoisotopic (exact) mass is 521 g/mol. The molecule has 5 aromatic rings. The van der Waals surface area contributed by atoms with Gasteiger partial charge in [0.1, 0.15) is 18.1 Å². The largest absolute Gasteiger partial charge is 0.368 e. The number of hydrogen-bond acceptors (Lipinski definition) is 5. The lowest BCUT2D eigenvalue weighted by Gasteiger charge is -2.22. The molecule has 0 saturated heterocycles. The zero-order valence-corrected chi connectivity index (χ0v) is 22.5. The van der Waals surface area contributed by atoms with E-state index in [-0.39, 0.29) is 24.9 Å². The Morgan fingerprint density at radius 2 is 1.77 bits per heavy atom. The van der Waals surface area contributed by atoms with E-state index in [1.165, 1.54) is 5.56 Å². The first-order valence-corrected chi connectivity index (χ1v) is 12.8. The summed E-state index contributed by atoms with van der Waals surface area (Å²) in [6, 6.07) is 21.6. The zero-order chi connectivity index (χ0) is 27.7. The highest BCUT2D eigenvalue weighted by Gasteiger charge is 2.22. The molecule has 198 valence electrons. The highest BCUT2D eigenvalue weighted by Crippen LogP contribution is 2.31. The molecule has 0 bridgehead atoms. The van der Waals surface area contributed by atoms with Crippen LogP contribution in [0.1, 0.15) is 45.3 Å². The summed E-state index contributed by atoms with van der Waals surface area (Å²) in [7, 11) is 0. The first kappa shape index (κ1) is 25.9. The third-order valence-electron chi connectivity index (χ3n) is 6.92. The van der Waals surface area contributed by atoms with Crippen molar-refractivity contribution in [3.05, 3.63) is 106 Å². The van der Waals surface area contributed by atoms with Gasteiger partial charge in [0.05, 0.1) is 34.8 Å². The SMILES string of the molecule is Cc1ccc(C(NC(=O)Cc2ccc3c(c2)nc(-c2c(C)noc2C)n3CC(N)=O)c2ccccc2)c(C)c1. The second kappa shape index (κ2) is 10.6. The fraction of sp³-hybridized carbons (Fsp3) is 0.226. The van der Waals surface area contributed by atoms with E-state index in [0.717, 1.165) is 33.3 Å². The molecule has 3 N–H and O–H groups in total. The molecule has 0 aliphatic carbocycles. The molecule has 0 spiro atoms. The Balaban J connectivity index is 1.46. The van der Waals surface area contributed by atoms with Crippen LogP contribution in [-0.4, -0.2) is 26.5 Å². The Morgan fingerprint density at radius 1 is 1.00 bits per heavy atom. The van der Waals surface area contributed by atoms with Crippen LogP contribution < -0.4 is 11.1 Å². The summed E-state index contributed by atoms with van der Waals surface area (Å²) in [5.74, 6) is 0.571. The molecular formula is C31H31N5O3. The summed E-state index contributed by atoms with van der Waals surface area (Å²) in [6.45, 7) is 7.72. The van der Waals surface area contributed by atoms with Crippen molar-refractivity contribution >= 4 is 22.8 Å². The highest BCUT2D eigenvalue weighted by atomic mass is 16.5. The summed E-state index contributed by atoms with van der Waals surface area (Å²) >= 11 is 0. The van der Waals surface area contributed by atoms with E-state index in [1.807, 2.05) is 55.5 Å². The van der Waals surface area contributed by atoms with Crippen LogP contribution in [0, 0.1) is 27.7 Å². The molecule has 1 atom stereocenters. The van der Waals surface area contributed by atoms with Gasteiger partial charge in [-0.25, -0.2) is 4.98 Å². The molecule has 8 nitrogen and oxygen atoms in total. The quantitative estimate of drug-likeness (QED) is 0.303. The minimum Gasteiger partial charge on any atom is -0.368 e. The molecule has 2 aromatic heterocycles. The minimum atomic E-state index is -0.482. The Bertz CT molecular complexity index is 1660. The van der Waals surface area contributed by atoms with Crippen molar-refractivity contribution in [3.63, 3.8) is 0 Å². The van der Waals surface area contributed by atoms with Gasteiger partial charge >= 0.3 is 0 Å². The standard InChI is InChI=1S/C31H31N5O3/c1-18-10-12-24(19(2)14-18)30(23-8-6-5-7-9-23)34-28(38)16-22-11-13-26-25(15-22)33-31(36(26)17-27(32)37)29-20(3)35-39-21(29)4/h5-15,30H,16-17H2,1-4H3,(H2,32,37)(H,34,38). The van der Waals surface area contributed by atoms with Gasteiger partial charge < -0.3 is 20.1 Å². The van der Waals surface area contributed by atoms with Crippen molar-refractivity contribution in [1.82, 2.24) is 20.0 Å². The number of primary amides is 1. The first-order chi connectivity index (χ1) is 18.7. The number of aromatic nitrogens is 3. The van der Waals surface area contributed by atoms with Crippen LogP contribution in [0.15, 0.2) is 71.3 Å². The van der Waals surface area contributed by atoms with Crippen molar-refractivity contribution in [2.75, 3.05) is 0 Å². The van der Waals surface area contributed by atoms with Gasteiger partial charge in [-0.15, -0.1) is 0 Å². The molecule has 0 aliphatic rings. The molecule has 8 heteroatoms. The van der Waals surface area contributed by atoms with Crippen LogP contribution >= 0.6 is 0 Å². The van der Waals surface area contributed by atoms with Crippen LogP contribution in [0.3, 0.4) is 0 Å². The van der Waals surface area contributed by atoms with Gasteiger partial charge in [-0.05, 0) is 62.1 Å². The summed E-state index contributed by atoms with van der Waals surface area (Å²) in [5, 5.41) is 7.27. The molecule has 1 unspecified atom stereocenters. The predicted molar refractivity (Wildman–Crippen MR) is 150 cm³/mol. The minimum absolute atomic E-state index is 0.0373. The van der Waals surface area contributed by atoms with E-state index in [2.05, 4.69) is 42.5 Å². The number of rotatable bonds is 8. The van der Waals surface area contributed by atoms with Gasteiger partial charge in [-0.3, -0.25) is 9.59 Å². The van der Waals surface area contributed by atoms with Crippen LogP contribution in [-0.2, 0) is 22.6 Å². The topological polar surface area (TPSA) is 116 Å². The number of aryl methyl sites for hydroxylation is 4. The molecule has 2 amide bonds. The maximum Gasteiger partial charge on any atom is 0.237 e. The Labute approximate surface area is 226 Å². The normalized spacial score (nSPS) is 12.0. The maximum absolute atomic E-state index is 13.4. The maximum atomic E-state index is 13.4. The summed E-state index contributed by atoms with van der Waals surface area (Å²) in [6.07, 6.45) is 0.174. The molecule has 0 aliphatic heterocycles. The predicted octanol–water partition coefficient (Wildman–Crippen LogP) is 4.86. The van der Waals surface area contributed by atoms with Crippen molar-refractivity contribution < 1.29 is 14.1 Å². The van der Waals surface area contributed by atoms with Gasteiger partial charge in [0.15, 0.2) is 0 Å². The van der Waals surface area contributed by atoms with Crippen molar-refractivity contribution in [1.29, 1.82) is 0 Å². The average molecular weight is 522 g/mol.